The number of fused-ring (bicyclic) bond motifs is 1. The molecule has 0 radical (unpaired) electrons. The van der Waals surface area contributed by atoms with Crippen molar-refractivity contribution in [3.63, 3.8) is 0 Å². The number of hydrogen-bond donors (Lipinski definition) is 0. The third-order valence-electron chi connectivity index (χ3n) is 2.12. The standard InChI is InChI=1S/C11H8Cl2O3/c1-2-15-11(14)6-5-16-10-8(13)4-3-7(12)9(6)10/h3-5H,2H2,1H3. The lowest BCUT2D eigenvalue weighted by Crippen LogP contribution is -2.03. The van der Waals surface area contributed by atoms with Crippen LogP contribution < -0.4 is 0 Å². The first-order chi connectivity index (χ1) is 7.65. The average molecular weight is 259 g/mol. The van der Waals surface area contributed by atoms with Crippen LogP contribution in [-0.4, -0.2) is 12.6 Å². The topological polar surface area (TPSA) is 39.4 Å². The molecule has 0 aliphatic rings. The van der Waals surface area contributed by atoms with Crippen LogP contribution in [0.3, 0.4) is 0 Å². The molecule has 5 heteroatoms. The summed E-state index contributed by atoms with van der Waals surface area (Å²) in [7, 11) is 0. The van der Waals surface area contributed by atoms with Crippen LogP contribution in [0.25, 0.3) is 11.0 Å². The van der Waals surface area contributed by atoms with Crippen LogP contribution >= 0.6 is 23.2 Å². The number of carbonyl (C=O) groups excluding carboxylic acids is 1. The molecule has 0 saturated heterocycles. The highest BCUT2D eigenvalue weighted by Gasteiger charge is 2.18. The van der Waals surface area contributed by atoms with Gasteiger partial charge in [0.05, 0.1) is 22.0 Å². The predicted molar refractivity (Wildman–Crippen MR) is 62.2 cm³/mol. The number of halogens is 2. The summed E-state index contributed by atoms with van der Waals surface area (Å²) < 4.78 is 10.1. The average Bonchev–Trinajstić information content (AvgIpc) is 2.69. The minimum atomic E-state index is -0.467. The predicted octanol–water partition coefficient (Wildman–Crippen LogP) is 3.92. The normalized spacial score (nSPS) is 10.7. The van der Waals surface area contributed by atoms with E-state index in [2.05, 4.69) is 0 Å². The molecule has 1 aromatic heterocycles. The maximum atomic E-state index is 11.6. The lowest BCUT2D eigenvalue weighted by atomic mass is 10.2. The SMILES string of the molecule is CCOC(=O)c1coc2c(Cl)ccc(Cl)c12. The number of hydrogen-bond acceptors (Lipinski definition) is 3. The third kappa shape index (κ3) is 1.77. The van der Waals surface area contributed by atoms with E-state index in [1.54, 1.807) is 19.1 Å². The molecule has 0 spiro atoms. The van der Waals surface area contributed by atoms with E-state index in [9.17, 15) is 4.79 Å². The summed E-state index contributed by atoms with van der Waals surface area (Å²) in [5.74, 6) is -0.467. The van der Waals surface area contributed by atoms with Crippen molar-refractivity contribution in [3.8, 4) is 0 Å². The zero-order valence-electron chi connectivity index (χ0n) is 8.42. The highest BCUT2D eigenvalue weighted by Crippen LogP contribution is 2.33. The Morgan fingerprint density at radius 3 is 2.75 bits per heavy atom. The smallest absolute Gasteiger partial charge is 0.342 e. The van der Waals surface area contributed by atoms with Gasteiger partial charge in [0, 0.05) is 0 Å². The van der Waals surface area contributed by atoms with E-state index in [-0.39, 0.29) is 0 Å². The van der Waals surface area contributed by atoms with Gasteiger partial charge in [-0.25, -0.2) is 4.79 Å². The van der Waals surface area contributed by atoms with Gasteiger partial charge in [0.25, 0.3) is 0 Å². The Balaban J connectivity index is 2.64. The van der Waals surface area contributed by atoms with Gasteiger partial charge in [-0.1, -0.05) is 23.2 Å². The highest BCUT2D eigenvalue weighted by molar-refractivity contribution is 6.40. The second kappa shape index (κ2) is 4.36. The molecule has 84 valence electrons. The fourth-order valence-electron chi connectivity index (χ4n) is 1.44. The van der Waals surface area contributed by atoms with E-state index in [4.69, 9.17) is 32.4 Å². The van der Waals surface area contributed by atoms with Crippen molar-refractivity contribution in [2.75, 3.05) is 6.61 Å². The lowest BCUT2D eigenvalue weighted by Gasteiger charge is -2.00. The van der Waals surface area contributed by atoms with Crippen molar-refractivity contribution >= 4 is 40.1 Å². The molecule has 0 aliphatic heterocycles. The van der Waals surface area contributed by atoms with Crippen molar-refractivity contribution < 1.29 is 13.9 Å². The minimum Gasteiger partial charge on any atom is -0.462 e. The number of rotatable bonds is 2. The molecule has 3 nitrogen and oxygen atoms in total. The van der Waals surface area contributed by atoms with Crippen LogP contribution in [0.2, 0.25) is 10.0 Å². The summed E-state index contributed by atoms with van der Waals surface area (Å²) in [6, 6.07) is 3.23. The van der Waals surface area contributed by atoms with E-state index < -0.39 is 5.97 Å². The zero-order valence-corrected chi connectivity index (χ0v) is 9.93. The van der Waals surface area contributed by atoms with E-state index in [0.717, 1.165) is 0 Å². The second-order valence-corrected chi connectivity index (χ2v) is 3.92. The molecule has 0 saturated carbocycles. The molecule has 0 atom stereocenters. The molecular formula is C11H8Cl2O3. The second-order valence-electron chi connectivity index (χ2n) is 3.10. The maximum Gasteiger partial charge on any atom is 0.342 e. The van der Waals surface area contributed by atoms with Crippen molar-refractivity contribution in [2.45, 2.75) is 6.92 Å². The van der Waals surface area contributed by atoms with Crippen molar-refractivity contribution in [3.05, 3.63) is 34.0 Å². The summed E-state index contributed by atoms with van der Waals surface area (Å²) >= 11 is 11.9. The van der Waals surface area contributed by atoms with Gasteiger partial charge in [0.1, 0.15) is 11.8 Å². The molecule has 16 heavy (non-hydrogen) atoms. The molecule has 1 aromatic carbocycles. The third-order valence-corrected chi connectivity index (χ3v) is 2.73. The monoisotopic (exact) mass is 258 g/mol. The number of furan rings is 1. The summed E-state index contributed by atoms with van der Waals surface area (Å²) in [6.07, 6.45) is 1.31. The molecule has 2 aromatic rings. The maximum absolute atomic E-state index is 11.6. The fourth-order valence-corrected chi connectivity index (χ4v) is 1.89. The van der Waals surface area contributed by atoms with Crippen LogP contribution in [0.4, 0.5) is 0 Å². The highest BCUT2D eigenvalue weighted by atomic mass is 35.5. The quantitative estimate of drug-likeness (QED) is 0.767. The number of carbonyl (C=O) groups is 1. The molecule has 0 N–H and O–H groups in total. The van der Waals surface area contributed by atoms with Crippen molar-refractivity contribution in [2.24, 2.45) is 0 Å². The van der Waals surface area contributed by atoms with Gasteiger partial charge in [-0.3, -0.25) is 0 Å². The summed E-state index contributed by atoms with van der Waals surface area (Å²) in [4.78, 5) is 11.6. The van der Waals surface area contributed by atoms with Crippen molar-refractivity contribution in [1.82, 2.24) is 0 Å². The van der Waals surface area contributed by atoms with E-state index >= 15 is 0 Å². The fraction of sp³-hybridized carbons (Fsp3) is 0.182. The Hall–Kier alpha value is -1.19. The molecule has 1 heterocycles. The summed E-state index contributed by atoms with van der Waals surface area (Å²) in [6.45, 7) is 2.03. The van der Waals surface area contributed by atoms with Gasteiger partial charge in [0.15, 0.2) is 5.58 Å². The first-order valence-corrected chi connectivity index (χ1v) is 5.43. The molecule has 0 amide bonds. The minimum absolute atomic E-state index is 0.295. The Bertz CT molecular complexity index is 545. The molecular weight excluding hydrogens is 251 g/mol. The Morgan fingerprint density at radius 1 is 1.38 bits per heavy atom. The van der Waals surface area contributed by atoms with E-state index in [1.807, 2.05) is 0 Å². The van der Waals surface area contributed by atoms with E-state index in [1.165, 1.54) is 6.26 Å². The van der Waals surface area contributed by atoms with Gasteiger partial charge >= 0.3 is 5.97 Å². The Labute approximate surface area is 102 Å². The van der Waals surface area contributed by atoms with Gasteiger partial charge in [-0.2, -0.15) is 0 Å². The molecule has 0 aliphatic carbocycles. The van der Waals surface area contributed by atoms with Crippen LogP contribution in [0.15, 0.2) is 22.8 Å². The molecule has 2 rings (SSSR count). The summed E-state index contributed by atoms with van der Waals surface area (Å²) in [5, 5.41) is 1.32. The Kier molecular flexibility index (Phi) is 3.08. The molecule has 0 unspecified atom stereocenters. The molecule has 0 bridgehead atoms. The lowest BCUT2D eigenvalue weighted by molar-refractivity contribution is 0.0527. The van der Waals surface area contributed by atoms with Crippen LogP contribution in [0.5, 0.6) is 0 Å². The Morgan fingerprint density at radius 2 is 2.06 bits per heavy atom. The number of ether oxygens (including phenoxy) is 1. The van der Waals surface area contributed by atoms with Gasteiger partial charge in [-0.15, -0.1) is 0 Å². The van der Waals surface area contributed by atoms with Crippen molar-refractivity contribution in [1.29, 1.82) is 0 Å². The summed E-state index contributed by atoms with van der Waals surface area (Å²) in [5.41, 5.74) is 0.696. The van der Waals surface area contributed by atoms with Gasteiger partial charge in [-0.05, 0) is 19.1 Å². The number of benzene rings is 1. The molecule has 0 fully saturated rings. The van der Waals surface area contributed by atoms with Gasteiger partial charge in [0.2, 0.25) is 0 Å². The first kappa shape index (κ1) is 11.3. The van der Waals surface area contributed by atoms with Gasteiger partial charge < -0.3 is 9.15 Å². The largest absolute Gasteiger partial charge is 0.462 e. The van der Waals surface area contributed by atoms with Crippen LogP contribution in [-0.2, 0) is 4.74 Å². The van der Waals surface area contributed by atoms with Crippen LogP contribution in [0.1, 0.15) is 17.3 Å². The van der Waals surface area contributed by atoms with E-state index in [0.29, 0.717) is 33.2 Å². The number of esters is 1. The van der Waals surface area contributed by atoms with Crippen LogP contribution in [0, 0.1) is 0 Å². The first-order valence-electron chi connectivity index (χ1n) is 4.67. The zero-order chi connectivity index (χ0) is 11.7.